The monoisotopic (exact) mass is 466 g/mol. The summed E-state index contributed by atoms with van der Waals surface area (Å²) in [6, 6.07) is 7.00. The average Bonchev–Trinajstić information content (AvgIpc) is 3.45. The van der Waals surface area contributed by atoms with Crippen LogP contribution in [0.2, 0.25) is 0 Å². The highest BCUT2D eigenvalue weighted by Crippen LogP contribution is 2.37. The van der Waals surface area contributed by atoms with Crippen LogP contribution in [0.1, 0.15) is 40.1 Å². The number of hydrogen-bond acceptors (Lipinski definition) is 4. The fraction of sp³-hybridized carbons (Fsp3) is 0.250. The normalized spacial score (nSPS) is 15.5. The van der Waals surface area contributed by atoms with Gasteiger partial charge in [0.2, 0.25) is 0 Å². The summed E-state index contributed by atoms with van der Waals surface area (Å²) in [7, 11) is 1.66. The third-order valence-electron chi connectivity index (χ3n) is 6.12. The smallest absolute Gasteiger partial charge is 0.254 e. The summed E-state index contributed by atoms with van der Waals surface area (Å²) >= 11 is 0. The van der Waals surface area contributed by atoms with Gasteiger partial charge in [-0.2, -0.15) is 20.1 Å². The number of halogens is 3. The van der Waals surface area contributed by atoms with Crippen LogP contribution in [0, 0.1) is 24.4 Å². The summed E-state index contributed by atoms with van der Waals surface area (Å²) in [6.45, 7) is 4.15. The van der Waals surface area contributed by atoms with Crippen LogP contribution in [-0.2, 0) is 13.5 Å². The minimum Gasteiger partial charge on any atom is -0.330 e. The lowest BCUT2D eigenvalue weighted by Crippen LogP contribution is -2.39. The lowest BCUT2D eigenvalue weighted by atomic mass is 9.94. The summed E-state index contributed by atoms with van der Waals surface area (Å²) < 4.78 is 42.8. The van der Waals surface area contributed by atoms with Gasteiger partial charge in [0.1, 0.15) is 0 Å². The molecule has 0 spiro atoms. The molecule has 0 unspecified atom stereocenters. The maximum absolute atomic E-state index is 13.9. The summed E-state index contributed by atoms with van der Waals surface area (Å²) in [5.41, 5.74) is 4.22. The quantitative estimate of drug-likeness (QED) is 0.426. The van der Waals surface area contributed by atoms with Gasteiger partial charge in [-0.25, -0.2) is 13.2 Å². The van der Waals surface area contributed by atoms with Crippen LogP contribution in [-0.4, -0.2) is 42.1 Å². The summed E-state index contributed by atoms with van der Waals surface area (Å²) in [5, 5.41) is 12.8. The topological polar surface area (TPSA) is 68.8 Å². The van der Waals surface area contributed by atoms with Gasteiger partial charge in [-0.3, -0.25) is 9.48 Å². The van der Waals surface area contributed by atoms with Gasteiger partial charge in [0.05, 0.1) is 35.5 Å². The molecular weight excluding hydrogens is 445 g/mol. The highest BCUT2D eigenvalue weighted by atomic mass is 19.2. The minimum atomic E-state index is -1.51. The van der Waals surface area contributed by atoms with Gasteiger partial charge < -0.3 is 4.90 Å². The molecule has 4 aromatic rings. The van der Waals surface area contributed by atoms with E-state index in [1.165, 1.54) is 9.48 Å². The second kappa shape index (κ2) is 8.12. The van der Waals surface area contributed by atoms with Crippen LogP contribution in [0.3, 0.4) is 0 Å². The Labute approximate surface area is 193 Å². The molecule has 7 nitrogen and oxygen atoms in total. The van der Waals surface area contributed by atoms with Crippen molar-refractivity contribution in [2.45, 2.75) is 26.3 Å². The van der Waals surface area contributed by atoms with Gasteiger partial charge in [0, 0.05) is 30.3 Å². The zero-order chi connectivity index (χ0) is 24.1. The standard InChI is InChI=1S/C24H21F3N6O/c1-13-8-16(10-17(9-13)33-28-5-6-29-33)24(34)32-7-4-18-22(14(32)2)30-31(3)23(18)15-11-19(25)21(27)20(26)12-15/h5-6,8-12,14H,4,7H2,1-3H3/t14-/m0/s1. The average molecular weight is 466 g/mol. The molecule has 1 aliphatic heterocycles. The summed E-state index contributed by atoms with van der Waals surface area (Å²) in [4.78, 5) is 16.7. The van der Waals surface area contributed by atoms with Gasteiger partial charge in [0.25, 0.3) is 5.91 Å². The number of carbonyl (C=O) groups is 1. The van der Waals surface area contributed by atoms with E-state index in [1.807, 2.05) is 26.0 Å². The minimum absolute atomic E-state index is 0.165. The van der Waals surface area contributed by atoms with E-state index in [2.05, 4.69) is 15.3 Å². The third-order valence-corrected chi connectivity index (χ3v) is 6.12. The predicted octanol–water partition coefficient (Wildman–Crippen LogP) is 4.15. The van der Waals surface area contributed by atoms with E-state index in [1.54, 1.807) is 30.4 Å². The van der Waals surface area contributed by atoms with Gasteiger partial charge in [-0.05, 0) is 56.2 Å². The lowest BCUT2D eigenvalue weighted by Gasteiger charge is -2.33. The number of aromatic nitrogens is 5. The van der Waals surface area contributed by atoms with Gasteiger partial charge in [-0.1, -0.05) is 0 Å². The van der Waals surface area contributed by atoms with E-state index >= 15 is 0 Å². The van der Waals surface area contributed by atoms with Crippen LogP contribution in [0.5, 0.6) is 0 Å². The molecular formula is C24H21F3N6O. The van der Waals surface area contributed by atoms with Crippen molar-refractivity contribution < 1.29 is 18.0 Å². The largest absolute Gasteiger partial charge is 0.330 e. The van der Waals surface area contributed by atoms with E-state index in [-0.39, 0.29) is 17.5 Å². The van der Waals surface area contributed by atoms with E-state index in [9.17, 15) is 18.0 Å². The van der Waals surface area contributed by atoms with Gasteiger partial charge in [0.15, 0.2) is 17.5 Å². The molecule has 34 heavy (non-hydrogen) atoms. The molecule has 2 aromatic heterocycles. The Kier molecular flexibility index (Phi) is 5.22. The predicted molar refractivity (Wildman–Crippen MR) is 118 cm³/mol. The Morgan fingerprint density at radius 2 is 1.71 bits per heavy atom. The Bertz CT molecular complexity index is 1390. The van der Waals surface area contributed by atoms with Gasteiger partial charge >= 0.3 is 0 Å². The Hall–Kier alpha value is -3.95. The maximum Gasteiger partial charge on any atom is 0.254 e. The first-order chi connectivity index (χ1) is 16.2. The van der Waals surface area contributed by atoms with Crippen LogP contribution < -0.4 is 0 Å². The number of benzene rings is 2. The van der Waals surface area contributed by atoms with Crippen LogP contribution in [0.25, 0.3) is 16.9 Å². The molecule has 0 aliphatic carbocycles. The van der Waals surface area contributed by atoms with Crippen molar-refractivity contribution in [2.75, 3.05) is 6.54 Å². The molecule has 2 aromatic carbocycles. The molecule has 1 atom stereocenters. The SMILES string of the molecule is Cc1cc(C(=O)N2CCc3c(nn(C)c3-c3cc(F)c(F)c(F)c3)[C@@H]2C)cc(-n2nccn2)c1. The summed E-state index contributed by atoms with van der Waals surface area (Å²) in [5.74, 6) is -4.19. The number of amides is 1. The fourth-order valence-corrected chi connectivity index (χ4v) is 4.59. The Morgan fingerprint density at radius 3 is 2.38 bits per heavy atom. The van der Waals surface area contributed by atoms with Crippen LogP contribution in [0.4, 0.5) is 13.2 Å². The zero-order valence-corrected chi connectivity index (χ0v) is 18.8. The fourth-order valence-electron chi connectivity index (χ4n) is 4.59. The highest BCUT2D eigenvalue weighted by molar-refractivity contribution is 5.95. The molecule has 0 bridgehead atoms. The first-order valence-corrected chi connectivity index (χ1v) is 10.7. The second-order valence-corrected chi connectivity index (χ2v) is 8.39. The molecule has 0 fully saturated rings. The van der Waals surface area contributed by atoms with E-state index in [0.717, 1.165) is 23.3 Å². The van der Waals surface area contributed by atoms with E-state index in [0.29, 0.717) is 35.6 Å². The molecule has 0 radical (unpaired) electrons. The van der Waals surface area contributed by atoms with Crippen molar-refractivity contribution in [3.8, 4) is 16.9 Å². The van der Waals surface area contributed by atoms with E-state index in [4.69, 9.17) is 0 Å². The van der Waals surface area contributed by atoms with Crippen LogP contribution >= 0.6 is 0 Å². The number of hydrogen-bond donors (Lipinski definition) is 0. The molecule has 5 rings (SSSR count). The number of nitrogens with zero attached hydrogens (tertiary/aromatic N) is 6. The van der Waals surface area contributed by atoms with Crippen molar-refractivity contribution in [3.05, 3.63) is 82.6 Å². The summed E-state index contributed by atoms with van der Waals surface area (Å²) in [6.07, 6.45) is 3.57. The zero-order valence-electron chi connectivity index (χ0n) is 18.8. The van der Waals surface area contributed by atoms with Crippen molar-refractivity contribution in [1.82, 2.24) is 29.7 Å². The van der Waals surface area contributed by atoms with Crippen molar-refractivity contribution in [3.63, 3.8) is 0 Å². The number of aryl methyl sites for hydroxylation is 2. The Morgan fingerprint density at radius 1 is 1.03 bits per heavy atom. The van der Waals surface area contributed by atoms with Gasteiger partial charge in [-0.15, -0.1) is 0 Å². The molecule has 1 amide bonds. The molecule has 3 heterocycles. The van der Waals surface area contributed by atoms with E-state index < -0.39 is 17.5 Å². The number of carbonyl (C=O) groups excluding carboxylic acids is 1. The molecule has 10 heteroatoms. The molecule has 1 aliphatic rings. The molecule has 0 saturated carbocycles. The lowest BCUT2D eigenvalue weighted by molar-refractivity contribution is 0.0673. The van der Waals surface area contributed by atoms with Crippen LogP contribution in [0.15, 0.2) is 42.7 Å². The Balaban J connectivity index is 1.50. The third kappa shape index (κ3) is 3.55. The number of rotatable bonds is 3. The first-order valence-electron chi connectivity index (χ1n) is 10.7. The highest BCUT2D eigenvalue weighted by Gasteiger charge is 2.34. The molecule has 0 N–H and O–H groups in total. The molecule has 174 valence electrons. The van der Waals surface area contributed by atoms with Crippen molar-refractivity contribution >= 4 is 5.91 Å². The number of fused-ring (bicyclic) bond motifs is 1. The first kappa shape index (κ1) is 21.9. The maximum atomic E-state index is 13.9. The molecule has 0 saturated heterocycles. The second-order valence-electron chi connectivity index (χ2n) is 8.39. The van der Waals surface area contributed by atoms with Crippen molar-refractivity contribution in [2.24, 2.45) is 7.05 Å². The van der Waals surface area contributed by atoms with Crippen molar-refractivity contribution in [1.29, 1.82) is 0 Å².